The highest BCUT2D eigenvalue weighted by Crippen LogP contribution is 2.33. The minimum absolute atomic E-state index is 0.131. The van der Waals surface area contributed by atoms with Crippen molar-refractivity contribution in [2.75, 3.05) is 7.11 Å². The van der Waals surface area contributed by atoms with Gasteiger partial charge in [0.25, 0.3) is 0 Å². The molecule has 1 unspecified atom stereocenters. The molecule has 1 atom stereocenters. The summed E-state index contributed by atoms with van der Waals surface area (Å²) in [5.74, 6) is 0.472. The number of ether oxygens (including phenoxy) is 1. The zero-order chi connectivity index (χ0) is 23.6. The van der Waals surface area contributed by atoms with Gasteiger partial charge in [0.05, 0.1) is 29.5 Å². The molecule has 0 N–H and O–H groups in total. The third-order valence-electron chi connectivity index (χ3n) is 5.53. The van der Waals surface area contributed by atoms with Crippen LogP contribution in [0, 0.1) is 0 Å². The Morgan fingerprint density at radius 1 is 1.09 bits per heavy atom. The second-order valence-corrected chi connectivity index (χ2v) is 10.2. The van der Waals surface area contributed by atoms with E-state index < -0.39 is 9.84 Å². The zero-order valence-corrected chi connectivity index (χ0v) is 19.8. The van der Waals surface area contributed by atoms with Crippen molar-refractivity contribution < 1.29 is 17.9 Å². The van der Waals surface area contributed by atoms with Crippen molar-refractivity contribution in [2.24, 2.45) is 5.10 Å². The summed E-state index contributed by atoms with van der Waals surface area (Å²) in [4.78, 5) is 12.4. The summed E-state index contributed by atoms with van der Waals surface area (Å²) >= 11 is 5.94. The Hall–Kier alpha value is -3.16. The maximum atomic E-state index is 12.7. The fraction of sp³-hybridized carbons (Fsp3) is 0.200. The number of halogens is 1. The average Bonchev–Trinajstić information content (AvgIpc) is 3.25. The fourth-order valence-corrected chi connectivity index (χ4v) is 5.46. The van der Waals surface area contributed by atoms with Crippen LogP contribution in [0.15, 0.2) is 82.8 Å². The second-order valence-electron chi connectivity index (χ2n) is 7.82. The van der Waals surface area contributed by atoms with E-state index in [0.717, 1.165) is 22.6 Å². The van der Waals surface area contributed by atoms with Crippen LogP contribution in [0.5, 0.6) is 5.75 Å². The summed E-state index contributed by atoms with van der Waals surface area (Å²) in [5.41, 5.74) is 3.25. The number of amides is 1. The molecule has 4 rings (SSSR count). The van der Waals surface area contributed by atoms with E-state index in [9.17, 15) is 13.2 Å². The summed E-state index contributed by atoms with van der Waals surface area (Å²) in [6.07, 6.45) is 0.562. The lowest BCUT2D eigenvalue weighted by Crippen LogP contribution is -2.24. The van der Waals surface area contributed by atoms with Gasteiger partial charge >= 0.3 is 0 Å². The second kappa shape index (κ2) is 9.37. The van der Waals surface area contributed by atoms with Crippen LogP contribution < -0.4 is 4.74 Å². The molecule has 0 saturated carbocycles. The van der Waals surface area contributed by atoms with Gasteiger partial charge in [-0.3, -0.25) is 4.79 Å². The van der Waals surface area contributed by atoms with Gasteiger partial charge in [0.1, 0.15) is 5.75 Å². The van der Waals surface area contributed by atoms with Crippen molar-refractivity contribution >= 4 is 33.1 Å². The van der Waals surface area contributed by atoms with E-state index in [1.807, 2.05) is 36.4 Å². The molecule has 170 valence electrons. The molecular formula is C25H23ClN2O4S. The van der Waals surface area contributed by atoms with E-state index in [2.05, 4.69) is 5.10 Å². The van der Waals surface area contributed by atoms with Gasteiger partial charge in [-0.05, 0) is 47.0 Å². The molecule has 0 radical (unpaired) electrons. The van der Waals surface area contributed by atoms with Crippen molar-refractivity contribution in [3.63, 3.8) is 0 Å². The summed E-state index contributed by atoms with van der Waals surface area (Å²) in [5, 5.41) is 6.43. The Morgan fingerprint density at radius 3 is 2.39 bits per heavy atom. The number of hydrogen-bond acceptors (Lipinski definition) is 5. The van der Waals surface area contributed by atoms with Crippen LogP contribution in [0.25, 0.3) is 0 Å². The molecule has 33 heavy (non-hydrogen) atoms. The van der Waals surface area contributed by atoms with Gasteiger partial charge in [-0.1, -0.05) is 54.1 Å². The van der Waals surface area contributed by atoms with Gasteiger partial charge in [-0.25, -0.2) is 13.4 Å². The van der Waals surface area contributed by atoms with E-state index >= 15 is 0 Å². The van der Waals surface area contributed by atoms with Crippen LogP contribution in [-0.2, 0) is 20.4 Å². The molecule has 1 aliphatic rings. The van der Waals surface area contributed by atoms with Crippen LogP contribution in [0.4, 0.5) is 0 Å². The highest BCUT2D eigenvalue weighted by Gasteiger charge is 2.31. The fourth-order valence-electron chi connectivity index (χ4n) is 3.82. The van der Waals surface area contributed by atoms with Crippen molar-refractivity contribution in [1.29, 1.82) is 0 Å². The third kappa shape index (κ3) is 5.10. The van der Waals surface area contributed by atoms with Gasteiger partial charge < -0.3 is 4.74 Å². The van der Waals surface area contributed by atoms with E-state index in [1.54, 1.807) is 37.4 Å². The monoisotopic (exact) mass is 482 g/mol. The molecule has 1 aliphatic heterocycles. The molecule has 3 aromatic rings. The highest BCUT2D eigenvalue weighted by molar-refractivity contribution is 7.90. The predicted molar refractivity (Wildman–Crippen MR) is 128 cm³/mol. The molecule has 3 aromatic carbocycles. The van der Waals surface area contributed by atoms with E-state index in [-0.39, 0.29) is 22.6 Å². The Balaban J connectivity index is 1.53. The van der Waals surface area contributed by atoms with E-state index in [0.29, 0.717) is 17.0 Å². The number of carbonyl (C=O) groups excluding carboxylic acids is 1. The number of carbonyl (C=O) groups is 1. The average molecular weight is 483 g/mol. The Bertz CT molecular complexity index is 1300. The molecule has 1 amide bonds. The number of nitrogens with zero attached hydrogens (tertiary/aromatic N) is 2. The standard InChI is InChI=1S/C25H23ClN2O4S/c1-17(29)28-25(20-10-12-22(32-2)13-11-20)15-24(27-28)19-8-6-18(7-9-19)16-33(30,31)23-5-3-4-21(26)14-23/h3-14,25H,15-16H2,1-2H3. The minimum Gasteiger partial charge on any atom is -0.497 e. The number of methoxy groups -OCH3 is 1. The first-order chi connectivity index (χ1) is 15.8. The van der Waals surface area contributed by atoms with E-state index in [1.165, 1.54) is 18.0 Å². The van der Waals surface area contributed by atoms with Gasteiger partial charge in [0, 0.05) is 18.4 Å². The van der Waals surface area contributed by atoms with Crippen molar-refractivity contribution in [1.82, 2.24) is 5.01 Å². The summed E-state index contributed by atoms with van der Waals surface area (Å²) < 4.78 is 30.7. The molecule has 8 heteroatoms. The molecule has 0 aliphatic carbocycles. The molecular weight excluding hydrogens is 460 g/mol. The van der Waals surface area contributed by atoms with Gasteiger partial charge in [0.2, 0.25) is 5.91 Å². The third-order valence-corrected chi connectivity index (χ3v) is 7.45. The first kappa shape index (κ1) is 23.0. The quantitative estimate of drug-likeness (QED) is 0.494. The normalized spacial score (nSPS) is 15.9. The van der Waals surface area contributed by atoms with Crippen molar-refractivity contribution in [2.45, 2.75) is 30.0 Å². The number of hydrogen-bond donors (Lipinski definition) is 0. The summed E-state index contributed by atoms with van der Waals surface area (Å²) in [6.45, 7) is 1.49. The smallest absolute Gasteiger partial charge is 0.240 e. The van der Waals surface area contributed by atoms with Crippen LogP contribution in [0.1, 0.15) is 36.1 Å². The van der Waals surface area contributed by atoms with Gasteiger partial charge in [-0.2, -0.15) is 5.10 Å². The Kier molecular flexibility index (Phi) is 6.54. The first-order valence-electron chi connectivity index (χ1n) is 10.4. The largest absolute Gasteiger partial charge is 0.497 e. The van der Waals surface area contributed by atoms with Crippen LogP contribution in [0.2, 0.25) is 5.02 Å². The van der Waals surface area contributed by atoms with Crippen LogP contribution in [0.3, 0.4) is 0 Å². The number of hydrazone groups is 1. The minimum atomic E-state index is -3.52. The predicted octanol–water partition coefficient (Wildman–Crippen LogP) is 5.02. The lowest BCUT2D eigenvalue weighted by molar-refractivity contribution is -0.130. The number of rotatable bonds is 6. The first-order valence-corrected chi connectivity index (χ1v) is 12.4. The maximum Gasteiger partial charge on any atom is 0.240 e. The number of benzene rings is 3. The van der Waals surface area contributed by atoms with Gasteiger partial charge in [-0.15, -0.1) is 0 Å². The zero-order valence-electron chi connectivity index (χ0n) is 18.2. The molecule has 6 nitrogen and oxygen atoms in total. The number of sulfone groups is 1. The molecule has 0 fully saturated rings. The van der Waals surface area contributed by atoms with E-state index in [4.69, 9.17) is 16.3 Å². The molecule has 0 saturated heterocycles. The van der Waals surface area contributed by atoms with Crippen molar-refractivity contribution in [3.05, 3.63) is 94.5 Å². The SMILES string of the molecule is COc1ccc(C2CC(c3ccc(CS(=O)(=O)c4cccc(Cl)c4)cc3)=NN2C(C)=O)cc1. The Labute approximate surface area is 198 Å². The molecule has 0 spiro atoms. The molecule has 0 aromatic heterocycles. The van der Waals surface area contributed by atoms with Crippen molar-refractivity contribution in [3.8, 4) is 5.75 Å². The topological polar surface area (TPSA) is 76.0 Å². The highest BCUT2D eigenvalue weighted by atomic mass is 35.5. The van der Waals surface area contributed by atoms with Crippen LogP contribution >= 0.6 is 11.6 Å². The summed E-state index contributed by atoms with van der Waals surface area (Å²) in [7, 11) is -1.91. The maximum absolute atomic E-state index is 12.7. The molecule has 1 heterocycles. The molecule has 0 bridgehead atoms. The van der Waals surface area contributed by atoms with Gasteiger partial charge in [0.15, 0.2) is 9.84 Å². The summed E-state index contributed by atoms with van der Waals surface area (Å²) in [6, 6.07) is 20.9. The lowest BCUT2D eigenvalue weighted by Gasteiger charge is -2.20. The van der Waals surface area contributed by atoms with Crippen LogP contribution in [-0.4, -0.2) is 32.2 Å². The Morgan fingerprint density at radius 2 is 1.79 bits per heavy atom. The lowest BCUT2D eigenvalue weighted by atomic mass is 9.98.